The highest BCUT2D eigenvalue weighted by Gasteiger charge is 2.24. The van der Waals surface area contributed by atoms with Gasteiger partial charge in [-0.25, -0.2) is 0 Å². The van der Waals surface area contributed by atoms with Crippen molar-refractivity contribution in [3.8, 4) is 0 Å². The van der Waals surface area contributed by atoms with Crippen molar-refractivity contribution < 1.29 is 9.66 Å². The summed E-state index contributed by atoms with van der Waals surface area (Å²) in [6, 6.07) is 8.49. The van der Waals surface area contributed by atoms with E-state index in [1.807, 2.05) is 0 Å². The Labute approximate surface area is 81.6 Å². The molecule has 0 radical (unpaired) electrons. The zero-order valence-electron chi connectivity index (χ0n) is 7.79. The predicted octanol–water partition coefficient (Wildman–Crippen LogP) is 1.28. The Balaban J connectivity index is 2.84. The molecule has 2 unspecified atom stereocenters. The van der Waals surface area contributed by atoms with Gasteiger partial charge >= 0.3 is 6.23 Å². The fourth-order valence-electron chi connectivity index (χ4n) is 1.07. The minimum absolute atomic E-state index is 0.495. The van der Waals surface area contributed by atoms with Crippen LogP contribution in [0.2, 0.25) is 0 Å². The molecule has 5 nitrogen and oxygen atoms in total. The van der Waals surface area contributed by atoms with Gasteiger partial charge in [-0.1, -0.05) is 18.2 Å². The Morgan fingerprint density at radius 3 is 2.43 bits per heavy atom. The van der Waals surface area contributed by atoms with Crippen LogP contribution in [0, 0.1) is 10.1 Å². The maximum absolute atomic E-state index is 10.7. The van der Waals surface area contributed by atoms with E-state index >= 15 is 0 Å². The smallest absolute Gasteiger partial charge is 0.306 e. The maximum atomic E-state index is 10.7. The molecular formula is C9H12N2O3. The molecule has 0 aliphatic rings. The number of nitrogens with two attached hydrogens (primary N) is 1. The van der Waals surface area contributed by atoms with Gasteiger partial charge in [-0.15, -0.1) is 0 Å². The highest BCUT2D eigenvalue weighted by molar-refractivity contribution is 5.15. The van der Waals surface area contributed by atoms with Gasteiger partial charge in [0.1, 0.15) is 6.23 Å². The molecule has 76 valence electrons. The van der Waals surface area contributed by atoms with Crippen molar-refractivity contribution in [3.05, 3.63) is 46.0 Å². The highest BCUT2D eigenvalue weighted by atomic mass is 16.7. The van der Waals surface area contributed by atoms with Crippen molar-refractivity contribution in [1.82, 2.24) is 0 Å². The van der Waals surface area contributed by atoms with E-state index in [-0.39, 0.29) is 0 Å². The second kappa shape index (κ2) is 4.69. The molecule has 0 saturated heterocycles. The van der Waals surface area contributed by atoms with Crippen LogP contribution in [0.25, 0.3) is 0 Å². The minimum atomic E-state index is -1.18. The normalized spacial score (nSPS) is 14.7. The van der Waals surface area contributed by atoms with Gasteiger partial charge in [0.25, 0.3) is 0 Å². The van der Waals surface area contributed by atoms with Crippen LogP contribution in [-0.2, 0) is 4.74 Å². The van der Waals surface area contributed by atoms with Gasteiger partial charge in [-0.3, -0.25) is 14.9 Å². The van der Waals surface area contributed by atoms with Crippen molar-refractivity contribution in [2.24, 2.45) is 5.73 Å². The predicted molar refractivity (Wildman–Crippen MR) is 50.9 cm³/mol. The molecule has 1 aromatic carbocycles. The van der Waals surface area contributed by atoms with Crippen molar-refractivity contribution in [3.63, 3.8) is 0 Å². The molecule has 0 bridgehead atoms. The number of rotatable bonds is 4. The average Bonchev–Trinajstić information content (AvgIpc) is 2.15. The lowest BCUT2D eigenvalue weighted by atomic mass is 10.2. The van der Waals surface area contributed by atoms with Crippen LogP contribution in [-0.4, -0.2) is 11.2 Å². The third kappa shape index (κ3) is 2.79. The summed E-state index contributed by atoms with van der Waals surface area (Å²) in [5.74, 6) is 0. The number of nitrogens with zero attached hydrogens (tertiary/aromatic N) is 1. The molecule has 2 N–H and O–H groups in total. The van der Waals surface area contributed by atoms with Gasteiger partial charge < -0.3 is 5.73 Å². The van der Waals surface area contributed by atoms with Crippen molar-refractivity contribution in [2.45, 2.75) is 19.4 Å². The van der Waals surface area contributed by atoms with E-state index in [9.17, 15) is 10.1 Å². The lowest BCUT2D eigenvalue weighted by Gasteiger charge is -2.12. The van der Waals surface area contributed by atoms with Crippen LogP contribution in [0.1, 0.15) is 18.7 Å². The highest BCUT2D eigenvalue weighted by Crippen LogP contribution is 2.17. The van der Waals surface area contributed by atoms with Crippen molar-refractivity contribution in [2.75, 3.05) is 0 Å². The molecule has 0 aliphatic heterocycles. The van der Waals surface area contributed by atoms with Gasteiger partial charge in [-0.05, 0) is 19.1 Å². The number of hydrogen-bond acceptors (Lipinski definition) is 4. The summed E-state index contributed by atoms with van der Waals surface area (Å²) in [5.41, 5.74) is 5.84. The fraction of sp³-hybridized carbons (Fsp3) is 0.333. The van der Waals surface area contributed by atoms with Crippen molar-refractivity contribution in [1.29, 1.82) is 0 Å². The average molecular weight is 196 g/mol. The van der Waals surface area contributed by atoms with Crippen LogP contribution in [0.3, 0.4) is 0 Å². The third-order valence-corrected chi connectivity index (χ3v) is 1.62. The third-order valence-electron chi connectivity index (χ3n) is 1.62. The Morgan fingerprint density at radius 2 is 2.00 bits per heavy atom. The molecule has 1 rings (SSSR count). The van der Waals surface area contributed by atoms with Crippen LogP contribution in [0.15, 0.2) is 30.3 Å². The van der Waals surface area contributed by atoms with E-state index in [0.717, 1.165) is 0 Å². The summed E-state index contributed by atoms with van der Waals surface area (Å²) in [6.07, 6.45) is -1.85. The van der Waals surface area contributed by atoms with E-state index < -0.39 is 17.4 Å². The first-order chi connectivity index (χ1) is 6.61. The zero-order valence-corrected chi connectivity index (χ0v) is 7.79. The number of benzene rings is 1. The first-order valence-corrected chi connectivity index (χ1v) is 4.20. The Hall–Kier alpha value is -1.46. The number of nitro groups is 1. The molecule has 14 heavy (non-hydrogen) atoms. The molecule has 0 aromatic heterocycles. The first-order valence-electron chi connectivity index (χ1n) is 4.20. The number of hydrogen-bond donors (Lipinski definition) is 1. The first kappa shape index (κ1) is 10.6. The van der Waals surface area contributed by atoms with Crippen LogP contribution in [0.4, 0.5) is 0 Å². The lowest BCUT2D eigenvalue weighted by molar-refractivity contribution is -0.587. The largest absolute Gasteiger partial charge is 0.343 e. The second-order valence-electron chi connectivity index (χ2n) is 2.89. The van der Waals surface area contributed by atoms with E-state index in [0.29, 0.717) is 5.56 Å². The van der Waals surface area contributed by atoms with Crippen molar-refractivity contribution >= 4 is 0 Å². The molecular weight excluding hydrogens is 184 g/mol. The van der Waals surface area contributed by atoms with E-state index in [4.69, 9.17) is 10.5 Å². The maximum Gasteiger partial charge on any atom is 0.343 e. The summed E-state index contributed by atoms with van der Waals surface area (Å²) in [6.45, 7) is 1.56. The zero-order chi connectivity index (χ0) is 10.6. The summed E-state index contributed by atoms with van der Waals surface area (Å²) in [4.78, 5) is 10.2. The summed E-state index contributed by atoms with van der Waals surface area (Å²) < 4.78 is 4.98. The van der Waals surface area contributed by atoms with Gasteiger partial charge in [-0.2, -0.15) is 0 Å². The molecule has 1 aromatic rings. The van der Waals surface area contributed by atoms with Gasteiger partial charge in [0.2, 0.25) is 0 Å². The summed E-state index contributed by atoms with van der Waals surface area (Å²) in [7, 11) is 0. The molecule has 5 heteroatoms. The van der Waals surface area contributed by atoms with Gasteiger partial charge in [0, 0.05) is 0 Å². The fourth-order valence-corrected chi connectivity index (χ4v) is 1.07. The lowest BCUT2D eigenvalue weighted by Crippen LogP contribution is -2.26. The van der Waals surface area contributed by atoms with Crippen LogP contribution >= 0.6 is 0 Å². The molecule has 2 atom stereocenters. The number of ether oxygens (including phenoxy) is 1. The Kier molecular flexibility index (Phi) is 3.55. The quantitative estimate of drug-likeness (QED) is 0.447. The van der Waals surface area contributed by atoms with E-state index in [1.165, 1.54) is 0 Å². The monoisotopic (exact) mass is 196 g/mol. The minimum Gasteiger partial charge on any atom is -0.306 e. The second-order valence-corrected chi connectivity index (χ2v) is 2.89. The topological polar surface area (TPSA) is 78.4 Å². The SMILES string of the molecule is CC(N)OC(c1ccccc1)[N+](=O)[O-]. The van der Waals surface area contributed by atoms with E-state index in [2.05, 4.69) is 0 Å². The summed E-state index contributed by atoms with van der Waals surface area (Å²) in [5, 5.41) is 10.7. The molecule has 0 amide bonds. The Bertz CT molecular complexity index is 300. The standard InChI is InChI=1S/C9H12N2O3/c1-7(10)14-9(11(12)13)8-5-3-2-4-6-8/h2-7,9H,10H2,1H3. The van der Waals surface area contributed by atoms with E-state index in [1.54, 1.807) is 37.3 Å². The summed E-state index contributed by atoms with van der Waals surface area (Å²) >= 11 is 0. The Morgan fingerprint density at radius 1 is 1.43 bits per heavy atom. The van der Waals surface area contributed by atoms with Crippen LogP contribution in [0.5, 0.6) is 0 Å². The molecule has 0 saturated carbocycles. The molecule has 0 spiro atoms. The molecule has 0 fully saturated rings. The van der Waals surface area contributed by atoms with Gasteiger partial charge in [0.05, 0.1) is 10.5 Å². The molecule has 0 heterocycles. The van der Waals surface area contributed by atoms with Crippen LogP contribution < -0.4 is 5.73 Å². The van der Waals surface area contributed by atoms with Gasteiger partial charge in [0.15, 0.2) is 0 Å². The molecule has 0 aliphatic carbocycles.